The van der Waals surface area contributed by atoms with Crippen molar-refractivity contribution in [2.75, 3.05) is 58.4 Å². The molecule has 0 unspecified atom stereocenters. The van der Waals surface area contributed by atoms with E-state index in [1.54, 1.807) is 34.8 Å². The number of morpholine rings is 1. The average molecular weight is 660 g/mol. The lowest BCUT2D eigenvalue weighted by Gasteiger charge is -2.26. The Balaban J connectivity index is 1.36. The topological polar surface area (TPSA) is 162 Å². The predicted molar refractivity (Wildman–Crippen MR) is 182 cm³/mol. The average Bonchev–Trinajstić information content (AvgIpc) is 3.64. The molecule has 0 spiro atoms. The number of amides is 4. The molecule has 48 heavy (non-hydrogen) atoms. The van der Waals surface area contributed by atoms with Crippen LogP contribution in [-0.2, 0) is 24.4 Å². The summed E-state index contributed by atoms with van der Waals surface area (Å²) in [5, 5.41) is 10.3. The molecule has 4 amide bonds. The van der Waals surface area contributed by atoms with E-state index in [1.807, 2.05) is 48.7 Å². The molecular formula is C34H45N9O5. The van der Waals surface area contributed by atoms with Gasteiger partial charge < -0.3 is 30.0 Å². The molecule has 14 nitrogen and oxygen atoms in total. The molecule has 1 fully saturated rings. The first-order chi connectivity index (χ1) is 23.2. The summed E-state index contributed by atoms with van der Waals surface area (Å²) in [5.41, 5.74) is 9.18. The molecule has 2 aromatic heterocycles. The minimum absolute atomic E-state index is 0.193. The highest BCUT2D eigenvalue weighted by molar-refractivity contribution is 6.04. The third kappa shape index (κ3) is 8.69. The maximum absolute atomic E-state index is 13.5. The standard InChI is InChI=1S/C34H45N9O5/c1-4-43-28(20-24(2)39-43)32(45)38-33-37-27-21-26(31(35)44)22-29(48-17-9-13-41-15-18-47-19-16-41)30(27)42(33)14-8-12-36-34(46)40(3)23-25-10-6-5-7-11-25/h5-7,10-11,20-22H,4,8-9,12-19,23H2,1-3H3,(H2,35,44)(H,36,46)(H,37,38,45). The van der Waals surface area contributed by atoms with Crippen molar-refractivity contribution in [2.24, 2.45) is 5.73 Å². The molecule has 256 valence electrons. The number of urea groups is 1. The van der Waals surface area contributed by atoms with Crippen LogP contribution in [0.1, 0.15) is 51.9 Å². The second-order valence-electron chi connectivity index (χ2n) is 11.8. The Morgan fingerprint density at radius 3 is 2.56 bits per heavy atom. The molecule has 0 atom stereocenters. The number of benzene rings is 2. The zero-order valence-corrected chi connectivity index (χ0v) is 27.9. The number of nitrogens with two attached hydrogens (primary N) is 1. The summed E-state index contributed by atoms with van der Waals surface area (Å²) in [6, 6.07) is 14.5. The number of imidazole rings is 1. The molecule has 1 aliphatic rings. The first-order valence-corrected chi connectivity index (χ1v) is 16.4. The summed E-state index contributed by atoms with van der Waals surface area (Å²) in [6.07, 6.45) is 1.29. The Morgan fingerprint density at radius 2 is 1.83 bits per heavy atom. The molecule has 0 aliphatic carbocycles. The van der Waals surface area contributed by atoms with Gasteiger partial charge in [-0.1, -0.05) is 30.3 Å². The number of aryl methyl sites for hydroxylation is 3. The van der Waals surface area contributed by atoms with Crippen LogP contribution in [0.5, 0.6) is 5.75 Å². The van der Waals surface area contributed by atoms with Crippen LogP contribution in [0, 0.1) is 6.92 Å². The lowest BCUT2D eigenvalue weighted by atomic mass is 10.1. The molecule has 0 radical (unpaired) electrons. The number of rotatable bonds is 15. The number of aromatic nitrogens is 4. The monoisotopic (exact) mass is 659 g/mol. The van der Waals surface area contributed by atoms with Gasteiger partial charge in [0.05, 0.1) is 31.0 Å². The number of ether oxygens (including phenoxy) is 2. The lowest BCUT2D eigenvalue weighted by Crippen LogP contribution is -2.37. The van der Waals surface area contributed by atoms with E-state index in [1.165, 1.54) is 0 Å². The van der Waals surface area contributed by atoms with Gasteiger partial charge in [0.25, 0.3) is 5.91 Å². The second kappa shape index (κ2) is 16.2. The number of carbonyl (C=O) groups is 3. The number of carbonyl (C=O) groups excluding carboxylic acids is 3. The van der Waals surface area contributed by atoms with Crippen molar-refractivity contribution >= 4 is 34.8 Å². The Kier molecular flexibility index (Phi) is 11.6. The van der Waals surface area contributed by atoms with Crippen LogP contribution in [-0.4, -0.2) is 100 Å². The van der Waals surface area contributed by atoms with E-state index in [-0.39, 0.29) is 23.5 Å². The highest BCUT2D eigenvalue weighted by Crippen LogP contribution is 2.31. The number of primary amides is 1. The largest absolute Gasteiger partial charge is 0.491 e. The molecule has 0 saturated carbocycles. The van der Waals surface area contributed by atoms with Crippen LogP contribution in [0.2, 0.25) is 0 Å². The molecular weight excluding hydrogens is 614 g/mol. The quantitative estimate of drug-likeness (QED) is 0.164. The fourth-order valence-corrected chi connectivity index (χ4v) is 5.72. The Bertz CT molecular complexity index is 1710. The van der Waals surface area contributed by atoms with Crippen molar-refractivity contribution in [3.63, 3.8) is 0 Å². The first-order valence-electron chi connectivity index (χ1n) is 16.4. The first kappa shape index (κ1) is 34.4. The maximum Gasteiger partial charge on any atom is 0.317 e. The SMILES string of the molecule is CCn1nc(C)cc1C(=O)Nc1nc2cc(C(N)=O)cc(OCCCN3CCOCC3)c2n1CCCNC(=O)N(C)Cc1ccccc1. The van der Waals surface area contributed by atoms with E-state index >= 15 is 0 Å². The van der Waals surface area contributed by atoms with Crippen molar-refractivity contribution < 1.29 is 23.9 Å². The van der Waals surface area contributed by atoms with Gasteiger partial charge in [0, 0.05) is 58.4 Å². The van der Waals surface area contributed by atoms with Crippen LogP contribution in [0.3, 0.4) is 0 Å². The molecule has 3 heterocycles. The van der Waals surface area contributed by atoms with Crippen LogP contribution < -0.4 is 21.1 Å². The van der Waals surface area contributed by atoms with Crippen molar-refractivity contribution in [2.45, 2.75) is 46.3 Å². The Labute approximate surface area is 280 Å². The fourth-order valence-electron chi connectivity index (χ4n) is 5.72. The normalized spacial score (nSPS) is 13.4. The number of fused-ring (bicyclic) bond motifs is 1. The summed E-state index contributed by atoms with van der Waals surface area (Å²) in [5.74, 6) is -0.256. The molecule has 4 aromatic rings. The van der Waals surface area contributed by atoms with E-state index < -0.39 is 5.91 Å². The van der Waals surface area contributed by atoms with E-state index in [0.29, 0.717) is 61.7 Å². The van der Waals surface area contributed by atoms with Crippen LogP contribution >= 0.6 is 0 Å². The van der Waals surface area contributed by atoms with E-state index in [0.717, 1.165) is 50.5 Å². The van der Waals surface area contributed by atoms with Gasteiger partial charge in [0.1, 0.15) is 17.0 Å². The zero-order chi connectivity index (χ0) is 34.0. The summed E-state index contributed by atoms with van der Waals surface area (Å²) in [7, 11) is 1.75. The summed E-state index contributed by atoms with van der Waals surface area (Å²) >= 11 is 0. The third-order valence-electron chi connectivity index (χ3n) is 8.17. The maximum atomic E-state index is 13.5. The molecule has 5 rings (SSSR count). The lowest BCUT2D eigenvalue weighted by molar-refractivity contribution is 0.0358. The van der Waals surface area contributed by atoms with Gasteiger partial charge in [0.15, 0.2) is 0 Å². The minimum Gasteiger partial charge on any atom is -0.491 e. The van der Waals surface area contributed by atoms with Gasteiger partial charge in [-0.3, -0.25) is 24.5 Å². The molecule has 0 bridgehead atoms. The van der Waals surface area contributed by atoms with Gasteiger partial charge >= 0.3 is 6.03 Å². The van der Waals surface area contributed by atoms with Gasteiger partial charge in [-0.15, -0.1) is 0 Å². The fraction of sp³-hybridized carbons (Fsp3) is 0.441. The number of hydrogen-bond donors (Lipinski definition) is 3. The number of nitrogens with zero attached hydrogens (tertiary/aromatic N) is 6. The predicted octanol–water partition coefficient (Wildman–Crippen LogP) is 3.25. The molecule has 1 saturated heterocycles. The molecule has 4 N–H and O–H groups in total. The highest BCUT2D eigenvalue weighted by Gasteiger charge is 2.22. The van der Waals surface area contributed by atoms with Crippen molar-refractivity contribution in [1.29, 1.82) is 0 Å². The second-order valence-corrected chi connectivity index (χ2v) is 11.8. The minimum atomic E-state index is -0.611. The molecule has 2 aromatic carbocycles. The Morgan fingerprint density at radius 1 is 1.06 bits per heavy atom. The van der Waals surface area contributed by atoms with E-state index in [2.05, 4.69) is 20.6 Å². The van der Waals surface area contributed by atoms with Gasteiger partial charge in [-0.2, -0.15) is 5.10 Å². The van der Waals surface area contributed by atoms with Crippen molar-refractivity contribution in [1.82, 2.24) is 34.4 Å². The van der Waals surface area contributed by atoms with Crippen molar-refractivity contribution in [3.05, 3.63) is 71.0 Å². The smallest absolute Gasteiger partial charge is 0.317 e. The summed E-state index contributed by atoms with van der Waals surface area (Å²) in [4.78, 5) is 47.3. The van der Waals surface area contributed by atoms with Crippen LogP contribution in [0.15, 0.2) is 48.5 Å². The molecule has 14 heteroatoms. The highest BCUT2D eigenvalue weighted by atomic mass is 16.5. The Hall–Kier alpha value is -4.95. The van der Waals surface area contributed by atoms with Gasteiger partial charge in [-0.05, 0) is 50.5 Å². The van der Waals surface area contributed by atoms with E-state index in [4.69, 9.17) is 20.2 Å². The van der Waals surface area contributed by atoms with Gasteiger partial charge in [0.2, 0.25) is 11.9 Å². The number of hydrogen-bond acceptors (Lipinski definition) is 8. The van der Waals surface area contributed by atoms with Crippen LogP contribution in [0.4, 0.5) is 10.7 Å². The summed E-state index contributed by atoms with van der Waals surface area (Å²) < 4.78 is 15.2. The van der Waals surface area contributed by atoms with Gasteiger partial charge in [-0.25, -0.2) is 9.78 Å². The van der Waals surface area contributed by atoms with Crippen molar-refractivity contribution in [3.8, 4) is 5.75 Å². The van der Waals surface area contributed by atoms with Crippen LogP contribution in [0.25, 0.3) is 11.0 Å². The number of anilines is 1. The third-order valence-corrected chi connectivity index (χ3v) is 8.17. The number of nitrogens with one attached hydrogen (secondary N) is 2. The van der Waals surface area contributed by atoms with E-state index in [9.17, 15) is 14.4 Å². The molecule has 1 aliphatic heterocycles. The zero-order valence-electron chi connectivity index (χ0n) is 27.9. The summed E-state index contributed by atoms with van der Waals surface area (Å²) in [6.45, 7) is 9.98.